The summed E-state index contributed by atoms with van der Waals surface area (Å²) in [5.41, 5.74) is 5.20. The van der Waals surface area contributed by atoms with Crippen LogP contribution in [0.4, 0.5) is 0 Å². The van der Waals surface area contributed by atoms with E-state index in [4.69, 9.17) is 5.73 Å². The van der Waals surface area contributed by atoms with Crippen LogP contribution in [0, 0.1) is 5.92 Å². The first-order valence-electron chi connectivity index (χ1n) is 6.07. The number of hydrogen-bond acceptors (Lipinski definition) is 3. The van der Waals surface area contributed by atoms with E-state index in [1.165, 1.54) is 25.7 Å². The van der Waals surface area contributed by atoms with Gasteiger partial charge in [-0.3, -0.25) is 0 Å². The predicted octanol–water partition coefficient (Wildman–Crippen LogP) is 1.21. The van der Waals surface area contributed by atoms with Crippen LogP contribution in [0.15, 0.2) is 0 Å². The summed E-state index contributed by atoms with van der Waals surface area (Å²) in [6.45, 7) is 5.24. The molecule has 0 bridgehead atoms. The molecule has 0 amide bonds. The maximum atomic E-state index is 9.80. The molecule has 1 aliphatic carbocycles. The van der Waals surface area contributed by atoms with Crippen molar-refractivity contribution in [2.75, 3.05) is 20.1 Å². The van der Waals surface area contributed by atoms with Crippen LogP contribution in [-0.2, 0) is 0 Å². The van der Waals surface area contributed by atoms with Crippen LogP contribution in [0.5, 0.6) is 0 Å². The highest BCUT2D eigenvalue weighted by Gasteiger charge is 2.29. The van der Waals surface area contributed by atoms with Crippen LogP contribution in [-0.4, -0.2) is 41.8 Å². The molecule has 3 N–H and O–H groups in total. The third-order valence-corrected chi connectivity index (χ3v) is 3.37. The molecule has 0 spiro atoms. The Labute approximate surface area is 93.6 Å². The molecule has 2 unspecified atom stereocenters. The van der Waals surface area contributed by atoms with Gasteiger partial charge >= 0.3 is 0 Å². The summed E-state index contributed by atoms with van der Waals surface area (Å²) in [5, 5.41) is 9.80. The van der Waals surface area contributed by atoms with Crippen LogP contribution < -0.4 is 5.73 Å². The van der Waals surface area contributed by atoms with Crippen molar-refractivity contribution in [1.82, 2.24) is 4.90 Å². The number of rotatable bonds is 4. The molecule has 0 aromatic rings. The quantitative estimate of drug-likeness (QED) is 0.739. The molecule has 1 aliphatic rings. The third kappa shape index (κ3) is 4.09. The first-order chi connectivity index (χ1) is 6.94. The zero-order valence-corrected chi connectivity index (χ0v) is 10.4. The van der Waals surface area contributed by atoms with E-state index < -0.39 is 5.60 Å². The van der Waals surface area contributed by atoms with E-state index in [1.54, 1.807) is 0 Å². The average molecular weight is 214 g/mol. The molecule has 0 radical (unpaired) electrons. The van der Waals surface area contributed by atoms with Gasteiger partial charge in [-0.25, -0.2) is 0 Å². The molecule has 15 heavy (non-hydrogen) atoms. The predicted molar refractivity (Wildman–Crippen MR) is 63.7 cm³/mol. The molecule has 0 aliphatic heterocycles. The van der Waals surface area contributed by atoms with E-state index in [9.17, 15) is 5.11 Å². The molecule has 0 heterocycles. The van der Waals surface area contributed by atoms with E-state index in [2.05, 4.69) is 11.9 Å². The minimum Gasteiger partial charge on any atom is -0.389 e. The molecule has 1 saturated carbocycles. The van der Waals surface area contributed by atoms with Crippen molar-refractivity contribution in [3.63, 3.8) is 0 Å². The van der Waals surface area contributed by atoms with Gasteiger partial charge in [-0.15, -0.1) is 0 Å². The van der Waals surface area contributed by atoms with Crippen LogP contribution in [0.25, 0.3) is 0 Å². The molecule has 0 aromatic heterocycles. The second-order valence-corrected chi connectivity index (χ2v) is 5.58. The number of nitrogens with two attached hydrogens (primary N) is 1. The molecule has 0 saturated heterocycles. The van der Waals surface area contributed by atoms with Gasteiger partial charge < -0.3 is 15.7 Å². The molecular weight excluding hydrogens is 188 g/mol. The highest BCUT2D eigenvalue weighted by Crippen LogP contribution is 2.27. The number of nitrogens with zero attached hydrogens (tertiary/aromatic N) is 1. The summed E-state index contributed by atoms with van der Waals surface area (Å²) in [4.78, 5) is 2.29. The molecular formula is C12H26N2O. The number of likely N-dealkylation sites (N-methyl/N-ethyl adjacent to an activating group) is 1. The second kappa shape index (κ2) is 5.28. The van der Waals surface area contributed by atoms with Gasteiger partial charge in [0, 0.05) is 12.6 Å². The highest BCUT2D eigenvalue weighted by molar-refractivity contribution is 4.84. The van der Waals surface area contributed by atoms with Gasteiger partial charge in [0.2, 0.25) is 0 Å². The van der Waals surface area contributed by atoms with E-state index in [0.29, 0.717) is 12.0 Å². The van der Waals surface area contributed by atoms with Crippen molar-refractivity contribution in [3.05, 3.63) is 0 Å². The van der Waals surface area contributed by atoms with Crippen LogP contribution in [0.1, 0.15) is 39.5 Å². The van der Waals surface area contributed by atoms with Crippen LogP contribution >= 0.6 is 0 Å². The van der Waals surface area contributed by atoms with E-state index in [0.717, 1.165) is 13.1 Å². The monoisotopic (exact) mass is 214 g/mol. The van der Waals surface area contributed by atoms with Crippen LogP contribution in [0.3, 0.4) is 0 Å². The molecule has 3 heteroatoms. The van der Waals surface area contributed by atoms with Crippen molar-refractivity contribution in [2.45, 2.75) is 51.2 Å². The third-order valence-electron chi connectivity index (χ3n) is 3.37. The zero-order valence-electron chi connectivity index (χ0n) is 10.4. The largest absolute Gasteiger partial charge is 0.389 e. The van der Waals surface area contributed by atoms with Gasteiger partial charge in [-0.1, -0.05) is 12.8 Å². The summed E-state index contributed by atoms with van der Waals surface area (Å²) >= 11 is 0. The fraction of sp³-hybridized carbons (Fsp3) is 1.00. The zero-order chi connectivity index (χ0) is 11.5. The van der Waals surface area contributed by atoms with Crippen molar-refractivity contribution >= 4 is 0 Å². The lowest BCUT2D eigenvalue weighted by Gasteiger charge is -2.39. The minimum atomic E-state index is -0.606. The second-order valence-electron chi connectivity index (χ2n) is 5.58. The normalized spacial score (nSPS) is 28.4. The number of aliphatic hydroxyl groups is 1. The summed E-state index contributed by atoms with van der Waals surface area (Å²) < 4.78 is 0. The first kappa shape index (κ1) is 12.9. The maximum Gasteiger partial charge on any atom is 0.0718 e. The van der Waals surface area contributed by atoms with Gasteiger partial charge in [0.15, 0.2) is 0 Å². The van der Waals surface area contributed by atoms with Gasteiger partial charge in [-0.05, 0) is 46.2 Å². The Balaban J connectivity index is 2.52. The lowest BCUT2D eigenvalue weighted by molar-refractivity contribution is 0.0140. The van der Waals surface area contributed by atoms with E-state index in [-0.39, 0.29) is 0 Å². The fourth-order valence-corrected chi connectivity index (χ4v) is 2.77. The summed E-state index contributed by atoms with van der Waals surface area (Å²) in [6, 6.07) is 0.565. The van der Waals surface area contributed by atoms with Crippen molar-refractivity contribution in [3.8, 4) is 0 Å². The Hall–Kier alpha value is -0.120. The number of hydrogen-bond donors (Lipinski definition) is 2. The maximum absolute atomic E-state index is 9.80. The molecule has 3 nitrogen and oxygen atoms in total. The van der Waals surface area contributed by atoms with E-state index in [1.807, 2.05) is 13.8 Å². The SMILES string of the molecule is CN(CC(C)(C)O)C1CCCCC1CN. The lowest BCUT2D eigenvalue weighted by Crippen LogP contribution is -2.48. The topological polar surface area (TPSA) is 49.5 Å². The summed E-state index contributed by atoms with van der Waals surface area (Å²) in [7, 11) is 2.11. The lowest BCUT2D eigenvalue weighted by atomic mass is 9.83. The van der Waals surface area contributed by atoms with Crippen molar-refractivity contribution in [1.29, 1.82) is 0 Å². The Morgan fingerprint density at radius 1 is 1.33 bits per heavy atom. The summed E-state index contributed by atoms with van der Waals surface area (Å²) in [6.07, 6.45) is 5.10. The molecule has 1 rings (SSSR count). The molecule has 0 aromatic carbocycles. The van der Waals surface area contributed by atoms with Crippen molar-refractivity contribution < 1.29 is 5.11 Å². The van der Waals surface area contributed by atoms with Gasteiger partial charge in [-0.2, -0.15) is 0 Å². The Morgan fingerprint density at radius 2 is 1.93 bits per heavy atom. The highest BCUT2D eigenvalue weighted by atomic mass is 16.3. The van der Waals surface area contributed by atoms with Crippen LogP contribution in [0.2, 0.25) is 0 Å². The molecule has 1 fully saturated rings. The van der Waals surface area contributed by atoms with Gasteiger partial charge in [0.05, 0.1) is 5.60 Å². The average Bonchev–Trinajstić information content (AvgIpc) is 2.15. The van der Waals surface area contributed by atoms with Gasteiger partial charge in [0.25, 0.3) is 0 Å². The van der Waals surface area contributed by atoms with Crippen molar-refractivity contribution in [2.24, 2.45) is 11.7 Å². The van der Waals surface area contributed by atoms with Gasteiger partial charge in [0.1, 0.15) is 0 Å². The Kier molecular flexibility index (Phi) is 4.56. The first-order valence-corrected chi connectivity index (χ1v) is 6.07. The standard InChI is InChI=1S/C12H26N2O/c1-12(2,15)9-14(3)11-7-5-4-6-10(11)8-13/h10-11,15H,4-9,13H2,1-3H3. The molecule has 90 valence electrons. The van der Waals surface area contributed by atoms with E-state index >= 15 is 0 Å². The smallest absolute Gasteiger partial charge is 0.0718 e. The summed E-state index contributed by atoms with van der Waals surface area (Å²) in [5.74, 6) is 0.617. The minimum absolute atomic E-state index is 0.565. The Bertz CT molecular complexity index is 189. The molecule has 2 atom stereocenters. The fourth-order valence-electron chi connectivity index (χ4n) is 2.77. The Morgan fingerprint density at radius 3 is 2.47 bits per heavy atom.